The molecular formula is C23H34N4O3S. The summed E-state index contributed by atoms with van der Waals surface area (Å²) in [6.07, 6.45) is 6.46. The highest BCUT2D eigenvalue weighted by molar-refractivity contribution is 7.18. The number of aromatic nitrogens is 2. The Bertz CT molecular complexity index is 989. The third kappa shape index (κ3) is 4.65. The SMILES string of the molecule is CCCCn1c(N2CCN(C(=O)COC(C)C)CC2)nc2sc3c(c2c1=O)CCCC3. The number of hydrogen-bond donors (Lipinski definition) is 0. The zero-order chi connectivity index (χ0) is 22.0. The summed E-state index contributed by atoms with van der Waals surface area (Å²) >= 11 is 1.71. The molecule has 0 saturated carbocycles. The Morgan fingerprint density at radius 3 is 2.61 bits per heavy atom. The number of ether oxygens (including phenoxy) is 1. The van der Waals surface area contributed by atoms with Crippen LogP contribution in [0.15, 0.2) is 4.79 Å². The predicted molar refractivity (Wildman–Crippen MR) is 125 cm³/mol. The average molecular weight is 447 g/mol. The molecule has 0 aromatic carbocycles. The van der Waals surface area contributed by atoms with Gasteiger partial charge < -0.3 is 14.5 Å². The quantitative estimate of drug-likeness (QED) is 0.653. The van der Waals surface area contributed by atoms with Crippen LogP contribution in [0.4, 0.5) is 5.95 Å². The van der Waals surface area contributed by atoms with E-state index in [-0.39, 0.29) is 24.2 Å². The third-order valence-corrected chi connectivity index (χ3v) is 7.43. The van der Waals surface area contributed by atoms with Crippen molar-refractivity contribution in [2.45, 2.75) is 71.9 Å². The van der Waals surface area contributed by atoms with Gasteiger partial charge in [0.15, 0.2) is 0 Å². The maximum atomic E-state index is 13.6. The topological polar surface area (TPSA) is 67.7 Å². The van der Waals surface area contributed by atoms with Crippen LogP contribution in [0.5, 0.6) is 0 Å². The van der Waals surface area contributed by atoms with Gasteiger partial charge in [-0.15, -0.1) is 11.3 Å². The van der Waals surface area contributed by atoms with Gasteiger partial charge in [-0.05, 0) is 51.5 Å². The number of nitrogens with zero attached hydrogens (tertiary/aromatic N) is 4. The number of anilines is 1. The molecular weight excluding hydrogens is 412 g/mol. The number of carbonyl (C=O) groups excluding carboxylic acids is 1. The number of aryl methyl sites for hydroxylation is 2. The molecule has 3 heterocycles. The fraction of sp³-hybridized carbons (Fsp3) is 0.696. The van der Waals surface area contributed by atoms with E-state index in [1.165, 1.54) is 16.9 Å². The van der Waals surface area contributed by atoms with Gasteiger partial charge in [0.05, 0.1) is 11.5 Å². The summed E-state index contributed by atoms with van der Waals surface area (Å²) in [5, 5.41) is 0.860. The molecule has 1 aliphatic carbocycles. The van der Waals surface area contributed by atoms with Gasteiger partial charge in [-0.3, -0.25) is 14.2 Å². The van der Waals surface area contributed by atoms with Crippen LogP contribution >= 0.6 is 11.3 Å². The van der Waals surface area contributed by atoms with E-state index in [0.717, 1.165) is 48.3 Å². The van der Waals surface area contributed by atoms with E-state index in [0.29, 0.717) is 32.7 Å². The summed E-state index contributed by atoms with van der Waals surface area (Å²) in [5.74, 6) is 0.807. The minimum atomic E-state index is 0.0334. The van der Waals surface area contributed by atoms with Gasteiger partial charge in [0.1, 0.15) is 11.4 Å². The number of piperazine rings is 1. The van der Waals surface area contributed by atoms with Gasteiger partial charge in [-0.1, -0.05) is 13.3 Å². The first kappa shape index (κ1) is 22.3. The highest BCUT2D eigenvalue weighted by Gasteiger charge is 2.27. The first-order valence-electron chi connectivity index (χ1n) is 11.7. The molecule has 170 valence electrons. The fourth-order valence-corrected chi connectivity index (χ4v) is 5.72. The van der Waals surface area contributed by atoms with Gasteiger partial charge in [-0.2, -0.15) is 0 Å². The Hall–Kier alpha value is -1.93. The minimum Gasteiger partial charge on any atom is -0.369 e. The lowest BCUT2D eigenvalue weighted by atomic mass is 9.97. The number of fused-ring (bicyclic) bond motifs is 3. The lowest BCUT2D eigenvalue weighted by Gasteiger charge is -2.36. The van der Waals surface area contributed by atoms with Gasteiger partial charge in [0, 0.05) is 37.6 Å². The van der Waals surface area contributed by atoms with E-state index in [9.17, 15) is 9.59 Å². The van der Waals surface area contributed by atoms with Crippen molar-refractivity contribution in [3.8, 4) is 0 Å². The van der Waals surface area contributed by atoms with Crippen LogP contribution in [0.2, 0.25) is 0 Å². The summed E-state index contributed by atoms with van der Waals surface area (Å²) < 4.78 is 7.37. The molecule has 0 unspecified atom stereocenters. The van der Waals surface area contributed by atoms with Crippen LogP contribution in [0.3, 0.4) is 0 Å². The number of thiophene rings is 1. The smallest absolute Gasteiger partial charge is 0.263 e. The number of unbranched alkanes of at least 4 members (excludes halogenated alkanes) is 1. The summed E-state index contributed by atoms with van der Waals surface area (Å²) in [6.45, 7) is 9.46. The summed E-state index contributed by atoms with van der Waals surface area (Å²) in [7, 11) is 0. The molecule has 0 spiro atoms. The summed E-state index contributed by atoms with van der Waals surface area (Å²) in [4.78, 5) is 37.3. The Balaban J connectivity index is 1.60. The van der Waals surface area contributed by atoms with Crippen molar-refractivity contribution in [1.29, 1.82) is 0 Å². The predicted octanol–water partition coefficient (Wildman–Crippen LogP) is 3.21. The second-order valence-electron chi connectivity index (χ2n) is 8.84. The Morgan fingerprint density at radius 2 is 1.90 bits per heavy atom. The number of amides is 1. The average Bonchev–Trinajstić information content (AvgIpc) is 3.15. The van der Waals surface area contributed by atoms with E-state index < -0.39 is 0 Å². The molecule has 31 heavy (non-hydrogen) atoms. The molecule has 4 rings (SSSR count). The monoisotopic (exact) mass is 446 g/mol. The molecule has 1 saturated heterocycles. The van der Waals surface area contributed by atoms with Crippen molar-refractivity contribution in [2.24, 2.45) is 0 Å². The van der Waals surface area contributed by atoms with Crippen molar-refractivity contribution >= 4 is 33.4 Å². The van der Waals surface area contributed by atoms with Crippen LogP contribution in [-0.2, 0) is 28.9 Å². The lowest BCUT2D eigenvalue weighted by molar-refractivity contribution is -0.137. The van der Waals surface area contributed by atoms with Gasteiger partial charge in [-0.25, -0.2) is 4.98 Å². The second-order valence-corrected chi connectivity index (χ2v) is 9.92. The number of rotatable bonds is 7. The van der Waals surface area contributed by atoms with Crippen LogP contribution in [0, 0.1) is 0 Å². The van der Waals surface area contributed by atoms with Crippen molar-refractivity contribution in [2.75, 3.05) is 37.7 Å². The first-order chi connectivity index (χ1) is 15.0. The third-order valence-electron chi connectivity index (χ3n) is 6.25. The normalized spacial score (nSPS) is 16.9. The molecule has 0 bridgehead atoms. The van der Waals surface area contributed by atoms with E-state index in [1.807, 2.05) is 23.3 Å². The number of carbonyl (C=O) groups is 1. The Morgan fingerprint density at radius 1 is 1.16 bits per heavy atom. The zero-order valence-corrected chi connectivity index (χ0v) is 19.8. The standard InChI is InChI=1S/C23H34N4O3S/c1-4-5-10-27-22(29)20-17-8-6-7-9-18(17)31-21(20)24-23(27)26-13-11-25(12-14-26)19(28)15-30-16(2)3/h16H,4-15H2,1-3H3. The van der Waals surface area contributed by atoms with E-state index in [1.54, 1.807) is 11.3 Å². The lowest BCUT2D eigenvalue weighted by Crippen LogP contribution is -2.51. The Labute approximate surface area is 188 Å². The van der Waals surface area contributed by atoms with Crippen molar-refractivity contribution in [3.05, 3.63) is 20.8 Å². The van der Waals surface area contributed by atoms with Gasteiger partial charge >= 0.3 is 0 Å². The molecule has 7 nitrogen and oxygen atoms in total. The van der Waals surface area contributed by atoms with E-state index in [4.69, 9.17) is 9.72 Å². The summed E-state index contributed by atoms with van der Waals surface area (Å²) in [5.41, 5.74) is 1.37. The van der Waals surface area contributed by atoms with Crippen molar-refractivity contribution < 1.29 is 9.53 Å². The van der Waals surface area contributed by atoms with Crippen molar-refractivity contribution in [1.82, 2.24) is 14.5 Å². The molecule has 0 N–H and O–H groups in total. The minimum absolute atomic E-state index is 0.0334. The molecule has 2 aliphatic rings. The Kier molecular flexibility index (Phi) is 6.96. The highest BCUT2D eigenvalue weighted by atomic mass is 32.1. The van der Waals surface area contributed by atoms with Crippen LogP contribution < -0.4 is 10.5 Å². The van der Waals surface area contributed by atoms with E-state index >= 15 is 0 Å². The van der Waals surface area contributed by atoms with Gasteiger partial charge in [0.2, 0.25) is 11.9 Å². The molecule has 0 radical (unpaired) electrons. The van der Waals surface area contributed by atoms with Crippen LogP contribution in [0.25, 0.3) is 10.2 Å². The largest absolute Gasteiger partial charge is 0.369 e. The van der Waals surface area contributed by atoms with Gasteiger partial charge in [0.25, 0.3) is 5.56 Å². The first-order valence-corrected chi connectivity index (χ1v) is 12.5. The highest BCUT2D eigenvalue weighted by Crippen LogP contribution is 2.34. The molecule has 0 atom stereocenters. The molecule has 1 amide bonds. The molecule has 1 aliphatic heterocycles. The van der Waals surface area contributed by atoms with Crippen LogP contribution in [0.1, 0.15) is 56.9 Å². The van der Waals surface area contributed by atoms with Crippen LogP contribution in [-0.4, -0.2) is 59.2 Å². The second kappa shape index (κ2) is 9.69. The number of hydrogen-bond acceptors (Lipinski definition) is 6. The molecule has 2 aromatic heterocycles. The molecule has 1 fully saturated rings. The zero-order valence-electron chi connectivity index (χ0n) is 19.0. The maximum absolute atomic E-state index is 13.6. The summed E-state index contributed by atoms with van der Waals surface area (Å²) in [6, 6.07) is 0. The van der Waals surface area contributed by atoms with Crippen molar-refractivity contribution in [3.63, 3.8) is 0 Å². The maximum Gasteiger partial charge on any atom is 0.263 e. The fourth-order valence-electron chi connectivity index (χ4n) is 4.47. The molecule has 2 aromatic rings. The molecule has 8 heteroatoms. The van der Waals surface area contributed by atoms with E-state index in [2.05, 4.69) is 11.8 Å².